The number of rotatable bonds is 3. The van der Waals surface area contributed by atoms with E-state index in [2.05, 4.69) is 5.32 Å². The van der Waals surface area contributed by atoms with Crippen molar-refractivity contribution in [3.05, 3.63) is 21.4 Å². The predicted octanol–water partition coefficient (Wildman–Crippen LogP) is 1.83. The monoisotopic (exact) mass is 253 g/mol. The molecule has 4 nitrogen and oxygen atoms in total. The lowest BCUT2D eigenvalue weighted by Gasteiger charge is -2.20. The van der Waals surface area contributed by atoms with E-state index in [4.69, 9.17) is 5.11 Å². The van der Waals surface area contributed by atoms with Gasteiger partial charge in [0, 0.05) is 4.88 Å². The van der Waals surface area contributed by atoms with Gasteiger partial charge in [-0.25, -0.2) is 4.79 Å². The van der Waals surface area contributed by atoms with E-state index in [1.807, 2.05) is 6.07 Å². The van der Waals surface area contributed by atoms with E-state index in [1.165, 1.54) is 35.6 Å². The Morgan fingerprint density at radius 2 is 2.12 bits per heavy atom. The van der Waals surface area contributed by atoms with Gasteiger partial charge in [-0.2, -0.15) is 0 Å². The van der Waals surface area contributed by atoms with E-state index in [-0.39, 0.29) is 5.91 Å². The van der Waals surface area contributed by atoms with Crippen LogP contribution in [0.1, 0.15) is 40.4 Å². The Morgan fingerprint density at radius 1 is 1.41 bits per heavy atom. The summed E-state index contributed by atoms with van der Waals surface area (Å²) in [6.07, 6.45) is 3.22. The highest BCUT2D eigenvalue weighted by atomic mass is 32.1. The van der Waals surface area contributed by atoms with E-state index in [9.17, 15) is 9.59 Å². The molecular weight excluding hydrogens is 238 g/mol. The topological polar surface area (TPSA) is 66.4 Å². The fraction of sp³-hybridized carbons (Fsp3) is 0.500. The van der Waals surface area contributed by atoms with E-state index < -0.39 is 11.5 Å². The van der Waals surface area contributed by atoms with E-state index in [1.54, 1.807) is 0 Å². The Labute approximate surface area is 104 Å². The predicted molar refractivity (Wildman–Crippen MR) is 65.5 cm³/mol. The Kier molecular flexibility index (Phi) is 2.95. The number of carboxylic acid groups (broad SMARTS) is 1. The number of carbonyl (C=O) groups excluding carboxylic acids is 1. The number of aryl methyl sites for hydroxylation is 2. The first-order chi connectivity index (χ1) is 7.90. The maximum absolute atomic E-state index is 11.9. The molecule has 1 aromatic rings. The van der Waals surface area contributed by atoms with Crippen LogP contribution in [0.4, 0.5) is 0 Å². The molecule has 2 N–H and O–H groups in total. The molecule has 1 aromatic heterocycles. The summed E-state index contributed by atoms with van der Waals surface area (Å²) < 4.78 is 0. The third-order valence-electron chi connectivity index (χ3n) is 2.93. The normalized spacial score (nSPS) is 14.5. The molecule has 0 fully saturated rings. The SMILES string of the molecule is CC(C)(NC(=O)c1cc2c(s1)CCC2)C(=O)O. The molecule has 1 heterocycles. The summed E-state index contributed by atoms with van der Waals surface area (Å²) in [6, 6.07) is 1.89. The number of thiophene rings is 1. The van der Waals surface area contributed by atoms with Gasteiger partial charge in [0.05, 0.1) is 4.88 Å². The smallest absolute Gasteiger partial charge is 0.328 e. The number of carboxylic acids is 1. The van der Waals surface area contributed by atoms with Crippen LogP contribution in [-0.4, -0.2) is 22.5 Å². The molecule has 0 aromatic carbocycles. The minimum atomic E-state index is -1.23. The van der Waals surface area contributed by atoms with Crippen molar-refractivity contribution < 1.29 is 14.7 Å². The highest BCUT2D eigenvalue weighted by Crippen LogP contribution is 2.30. The summed E-state index contributed by atoms with van der Waals surface area (Å²) in [7, 11) is 0. The minimum absolute atomic E-state index is 0.295. The summed E-state index contributed by atoms with van der Waals surface area (Å²) in [5.74, 6) is -1.33. The largest absolute Gasteiger partial charge is 0.480 e. The summed E-state index contributed by atoms with van der Waals surface area (Å²) in [6.45, 7) is 2.96. The fourth-order valence-electron chi connectivity index (χ4n) is 1.84. The molecule has 2 rings (SSSR count). The van der Waals surface area contributed by atoms with Gasteiger partial charge in [0.25, 0.3) is 5.91 Å². The zero-order chi connectivity index (χ0) is 12.6. The summed E-state index contributed by atoms with van der Waals surface area (Å²) >= 11 is 1.48. The average molecular weight is 253 g/mol. The number of fused-ring (bicyclic) bond motifs is 1. The first kappa shape index (κ1) is 12.1. The maximum atomic E-state index is 11.9. The first-order valence-electron chi connectivity index (χ1n) is 5.57. The van der Waals surface area contributed by atoms with Crippen molar-refractivity contribution in [3.63, 3.8) is 0 Å². The summed E-state index contributed by atoms with van der Waals surface area (Å²) in [4.78, 5) is 24.7. The average Bonchev–Trinajstić information content (AvgIpc) is 2.74. The number of aliphatic carboxylic acids is 1. The second kappa shape index (κ2) is 4.14. The van der Waals surface area contributed by atoms with Crippen LogP contribution in [0, 0.1) is 0 Å². The van der Waals surface area contributed by atoms with Crippen molar-refractivity contribution in [2.45, 2.75) is 38.6 Å². The molecule has 0 saturated carbocycles. The van der Waals surface area contributed by atoms with Crippen LogP contribution in [0.3, 0.4) is 0 Å². The van der Waals surface area contributed by atoms with Crippen molar-refractivity contribution >= 4 is 23.2 Å². The lowest BCUT2D eigenvalue weighted by atomic mass is 10.1. The van der Waals surface area contributed by atoms with Crippen LogP contribution in [-0.2, 0) is 17.6 Å². The Morgan fingerprint density at radius 3 is 2.71 bits per heavy atom. The van der Waals surface area contributed by atoms with E-state index in [0.29, 0.717) is 4.88 Å². The zero-order valence-corrected chi connectivity index (χ0v) is 10.7. The third-order valence-corrected chi connectivity index (χ3v) is 4.17. The molecule has 0 atom stereocenters. The molecule has 1 amide bonds. The molecule has 0 radical (unpaired) electrons. The van der Waals surface area contributed by atoms with E-state index in [0.717, 1.165) is 19.3 Å². The van der Waals surface area contributed by atoms with Crippen molar-refractivity contribution in [2.24, 2.45) is 0 Å². The van der Waals surface area contributed by atoms with Gasteiger partial charge in [-0.3, -0.25) is 4.79 Å². The molecule has 0 saturated heterocycles. The fourth-order valence-corrected chi connectivity index (χ4v) is 2.99. The lowest BCUT2D eigenvalue weighted by molar-refractivity contribution is -0.143. The van der Waals surface area contributed by atoms with Gasteiger partial charge in [-0.15, -0.1) is 11.3 Å². The van der Waals surface area contributed by atoms with E-state index >= 15 is 0 Å². The molecule has 0 unspecified atom stereocenters. The van der Waals surface area contributed by atoms with Crippen molar-refractivity contribution in [1.29, 1.82) is 0 Å². The number of carbonyl (C=O) groups is 2. The van der Waals surface area contributed by atoms with Crippen LogP contribution in [0.2, 0.25) is 0 Å². The van der Waals surface area contributed by atoms with Gasteiger partial charge < -0.3 is 10.4 Å². The Balaban J connectivity index is 2.12. The number of amides is 1. The number of hydrogen-bond donors (Lipinski definition) is 2. The first-order valence-corrected chi connectivity index (χ1v) is 6.39. The van der Waals surface area contributed by atoms with Crippen molar-refractivity contribution in [2.75, 3.05) is 0 Å². The van der Waals surface area contributed by atoms with Gasteiger partial charge in [-0.05, 0) is 44.7 Å². The number of nitrogens with one attached hydrogen (secondary N) is 1. The molecule has 0 aliphatic heterocycles. The van der Waals surface area contributed by atoms with Gasteiger partial charge in [0.1, 0.15) is 5.54 Å². The molecule has 0 spiro atoms. The quantitative estimate of drug-likeness (QED) is 0.863. The highest BCUT2D eigenvalue weighted by molar-refractivity contribution is 7.14. The summed E-state index contributed by atoms with van der Waals surface area (Å²) in [5.41, 5.74) is 0.0131. The maximum Gasteiger partial charge on any atom is 0.328 e. The molecule has 17 heavy (non-hydrogen) atoms. The van der Waals surface area contributed by atoms with Gasteiger partial charge in [0.2, 0.25) is 0 Å². The summed E-state index contributed by atoms with van der Waals surface area (Å²) in [5, 5.41) is 11.5. The second-order valence-corrected chi connectivity index (χ2v) is 5.93. The van der Waals surface area contributed by atoms with Crippen LogP contribution >= 0.6 is 11.3 Å². The molecular formula is C12H15NO3S. The van der Waals surface area contributed by atoms with Gasteiger partial charge >= 0.3 is 5.97 Å². The van der Waals surface area contributed by atoms with Crippen LogP contribution in [0.5, 0.6) is 0 Å². The second-order valence-electron chi connectivity index (χ2n) is 4.80. The molecule has 1 aliphatic rings. The minimum Gasteiger partial charge on any atom is -0.480 e. The Bertz CT molecular complexity index is 455. The van der Waals surface area contributed by atoms with Crippen LogP contribution in [0.15, 0.2) is 6.07 Å². The highest BCUT2D eigenvalue weighted by Gasteiger charge is 2.30. The van der Waals surface area contributed by atoms with Crippen LogP contribution in [0.25, 0.3) is 0 Å². The van der Waals surface area contributed by atoms with Crippen molar-refractivity contribution in [3.8, 4) is 0 Å². The molecule has 1 aliphatic carbocycles. The standard InChI is InChI=1S/C12H15NO3S/c1-12(2,11(15)16)13-10(14)9-6-7-4-3-5-8(7)17-9/h6H,3-5H2,1-2H3,(H,13,14)(H,15,16). The zero-order valence-electron chi connectivity index (χ0n) is 9.87. The van der Waals surface area contributed by atoms with Crippen molar-refractivity contribution in [1.82, 2.24) is 5.32 Å². The third kappa shape index (κ3) is 2.34. The lowest BCUT2D eigenvalue weighted by Crippen LogP contribution is -2.49. The number of hydrogen-bond acceptors (Lipinski definition) is 3. The van der Waals surface area contributed by atoms with Gasteiger partial charge in [0.15, 0.2) is 0 Å². The Hall–Kier alpha value is -1.36. The molecule has 92 valence electrons. The molecule has 0 bridgehead atoms. The van der Waals surface area contributed by atoms with Gasteiger partial charge in [-0.1, -0.05) is 0 Å². The molecule has 5 heteroatoms. The van der Waals surface area contributed by atoms with Crippen LogP contribution < -0.4 is 5.32 Å².